The highest BCUT2D eigenvalue weighted by molar-refractivity contribution is 5.89. The lowest BCUT2D eigenvalue weighted by atomic mass is 10.5. The highest BCUT2D eigenvalue weighted by Crippen LogP contribution is 2.02. The Bertz CT molecular complexity index is 424. The average molecular weight is 253 g/mol. The van der Waals surface area contributed by atoms with Crippen LogP contribution in [0.5, 0.6) is 5.88 Å². The molecule has 96 valence electrons. The number of rotatable bonds is 3. The van der Waals surface area contributed by atoms with Crippen LogP contribution >= 0.6 is 0 Å². The smallest absolute Gasteiger partial charge is 0.328 e. The van der Waals surface area contributed by atoms with Gasteiger partial charge in [-0.3, -0.25) is 4.79 Å². The summed E-state index contributed by atoms with van der Waals surface area (Å²) >= 11 is 0. The molecule has 0 radical (unpaired) electrons. The molecule has 1 aromatic heterocycles. The fourth-order valence-corrected chi connectivity index (χ4v) is 0.697. The maximum absolute atomic E-state index is 10.4. The number of hydrogen-bond acceptors (Lipinski definition) is 5. The van der Waals surface area contributed by atoms with Crippen LogP contribution in [-0.2, 0) is 14.4 Å². The molecule has 0 spiro atoms. The highest BCUT2D eigenvalue weighted by atomic mass is 16.5. The largest absolute Gasteiger partial charge is 0.478 e. The number of ether oxygens (including phenoxy) is 1. The Kier molecular flexibility index (Phi) is 7.18. The minimum atomic E-state index is -1.26. The number of carboxylic acids is 2. The number of nitrogens with zero attached hydrogens (tertiary/aromatic N) is 1. The number of aromatic nitrogens is 1. The van der Waals surface area contributed by atoms with Crippen molar-refractivity contribution in [3.63, 3.8) is 0 Å². The van der Waals surface area contributed by atoms with Crippen molar-refractivity contribution in [1.29, 1.82) is 0 Å². The van der Waals surface area contributed by atoms with Gasteiger partial charge in [0.05, 0.1) is 0 Å². The van der Waals surface area contributed by atoms with Crippen LogP contribution in [0.15, 0.2) is 36.5 Å². The Morgan fingerprint density at radius 2 is 1.72 bits per heavy atom. The quantitative estimate of drug-likeness (QED) is 0.602. The minimum Gasteiger partial charge on any atom is -0.478 e. The Balaban J connectivity index is 0.000000331. The van der Waals surface area contributed by atoms with Crippen molar-refractivity contribution in [3.8, 4) is 5.88 Å². The van der Waals surface area contributed by atoms with Crippen LogP contribution in [0.4, 0.5) is 0 Å². The van der Waals surface area contributed by atoms with E-state index in [-0.39, 0.29) is 5.97 Å². The number of carboxylic acid groups (broad SMARTS) is 2. The summed E-state index contributed by atoms with van der Waals surface area (Å²) in [4.78, 5) is 33.2. The molecule has 18 heavy (non-hydrogen) atoms. The fraction of sp³-hybridized carbons (Fsp3) is 0.0909. The first-order valence-corrected chi connectivity index (χ1v) is 4.65. The molecule has 0 bridgehead atoms. The zero-order chi connectivity index (χ0) is 14.0. The SMILES string of the molecule is CC(=O)Oc1ccccn1.O=C(O)/C=C\C(=O)O. The third-order valence-corrected chi connectivity index (χ3v) is 1.25. The third kappa shape index (κ3) is 9.84. The molecule has 0 aliphatic rings. The van der Waals surface area contributed by atoms with E-state index in [1.807, 2.05) is 0 Å². The zero-order valence-electron chi connectivity index (χ0n) is 9.44. The Labute approximate surface area is 102 Å². The monoisotopic (exact) mass is 253 g/mol. The van der Waals surface area contributed by atoms with E-state index in [4.69, 9.17) is 10.2 Å². The van der Waals surface area contributed by atoms with Crippen molar-refractivity contribution in [2.75, 3.05) is 0 Å². The van der Waals surface area contributed by atoms with Gasteiger partial charge in [-0.25, -0.2) is 14.6 Å². The van der Waals surface area contributed by atoms with E-state index in [2.05, 4.69) is 9.72 Å². The number of carbonyl (C=O) groups excluding carboxylic acids is 1. The van der Waals surface area contributed by atoms with Gasteiger partial charge in [0.15, 0.2) is 0 Å². The van der Waals surface area contributed by atoms with Crippen molar-refractivity contribution in [3.05, 3.63) is 36.5 Å². The van der Waals surface area contributed by atoms with Gasteiger partial charge in [-0.05, 0) is 6.07 Å². The molecule has 0 saturated heterocycles. The zero-order valence-corrected chi connectivity index (χ0v) is 9.44. The Hall–Kier alpha value is -2.70. The maximum Gasteiger partial charge on any atom is 0.328 e. The third-order valence-electron chi connectivity index (χ3n) is 1.25. The van der Waals surface area contributed by atoms with Crippen molar-refractivity contribution in [2.24, 2.45) is 0 Å². The summed E-state index contributed by atoms with van der Waals surface area (Å²) in [5, 5.41) is 15.6. The van der Waals surface area contributed by atoms with Gasteiger partial charge < -0.3 is 14.9 Å². The second kappa shape index (κ2) is 8.45. The lowest BCUT2D eigenvalue weighted by Crippen LogP contribution is -2.02. The molecule has 0 fully saturated rings. The summed E-state index contributed by atoms with van der Waals surface area (Å²) in [6, 6.07) is 5.14. The van der Waals surface area contributed by atoms with Crippen molar-refractivity contribution >= 4 is 17.9 Å². The molecule has 0 saturated carbocycles. The fourth-order valence-electron chi connectivity index (χ4n) is 0.697. The minimum absolute atomic E-state index is 0.343. The predicted molar refractivity (Wildman–Crippen MR) is 60.0 cm³/mol. The molecule has 1 rings (SSSR count). The molecular weight excluding hydrogens is 242 g/mol. The molecule has 0 aliphatic heterocycles. The normalized spacial score (nSPS) is 9.17. The van der Waals surface area contributed by atoms with Gasteiger partial charge in [-0.15, -0.1) is 0 Å². The Morgan fingerprint density at radius 3 is 2.06 bits per heavy atom. The van der Waals surface area contributed by atoms with Gasteiger partial charge in [0.1, 0.15) is 0 Å². The number of aliphatic carboxylic acids is 2. The Morgan fingerprint density at radius 1 is 1.17 bits per heavy atom. The molecule has 7 nitrogen and oxygen atoms in total. The molecule has 0 aromatic carbocycles. The van der Waals surface area contributed by atoms with Gasteiger partial charge in [0.2, 0.25) is 5.88 Å². The summed E-state index contributed by atoms with van der Waals surface area (Å²) in [5.41, 5.74) is 0. The van der Waals surface area contributed by atoms with Crippen LogP contribution in [0, 0.1) is 0 Å². The van der Waals surface area contributed by atoms with Crippen LogP contribution in [0.3, 0.4) is 0 Å². The van der Waals surface area contributed by atoms with Crippen LogP contribution in [0.1, 0.15) is 6.92 Å². The van der Waals surface area contributed by atoms with Crippen molar-refractivity contribution < 1.29 is 29.3 Å². The summed E-state index contributed by atoms with van der Waals surface area (Å²) < 4.78 is 4.66. The van der Waals surface area contributed by atoms with Crippen LogP contribution < -0.4 is 4.74 Å². The average Bonchev–Trinajstić information content (AvgIpc) is 2.28. The first-order valence-electron chi connectivity index (χ1n) is 4.65. The maximum atomic E-state index is 10.4. The lowest BCUT2D eigenvalue weighted by molar-refractivity contribution is -0.134. The van der Waals surface area contributed by atoms with Gasteiger partial charge in [-0.2, -0.15) is 0 Å². The second-order valence-corrected chi connectivity index (χ2v) is 2.77. The van der Waals surface area contributed by atoms with E-state index in [0.717, 1.165) is 0 Å². The molecule has 0 atom stereocenters. The second-order valence-electron chi connectivity index (χ2n) is 2.77. The van der Waals surface area contributed by atoms with Crippen molar-refractivity contribution in [1.82, 2.24) is 4.98 Å². The lowest BCUT2D eigenvalue weighted by Gasteiger charge is -1.95. The van der Waals surface area contributed by atoms with Crippen LogP contribution in [-0.4, -0.2) is 33.1 Å². The molecule has 2 N–H and O–H groups in total. The van der Waals surface area contributed by atoms with Crippen LogP contribution in [0.25, 0.3) is 0 Å². The molecule has 7 heteroatoms. The molecule has 0 unspecified atom stereocenters. The molecule has 1 aromatic rings. The molecule has 1 heterocycles. The summed E-state index contributed by atoms with van der Waals surface area (Å²) in [7, 11) is 0. The highest BCUT2D eigenvalue weighted by Gasteiger charge is 1.94. The molecule has 0 amide bonds. The number of carbonyl (C=O) groups is 3. The van der Waals surface area contributed by atoms with Crippen molar-refractivity contribution in [2.45, 2.75) is 6.92 Å². The van der Waals surface area contributed by atoms with E-state index in [1.165, 1.54) is 6.92 Å². The first kappa shape index (κ1) is 15.3. The van der Waals surface area contributed by atoms with E-state index in [1.54, 1.807) is 24.4 Å². The molecular formula is C11H11NO6. The number of hydrogen-bond donors (Lipinski definition) is 2. The van der Waals surface area contributed by atoms with E-state index >= 15 is 0 Å². The molecule has 0 aliphatic carbocycles. The number of esters is 1. The topological polar surface area (TPSA) is 114 Å². The standard InChI is InChI=1S/C7H7NO2.C4H4O4/c1-6(9)10-7-4-2-3-5-8-7;5-3(6)1-2-4(7)8/h2-5H,1H3;1-2H,(H,5,6)(H,7,8)/b;2-1-. The van der Waals surface area contributed by atoms with E-state index in [9.17, 15) is 14.4 Å². The first-order chi connectivity index (χ1) is 8.41. The van der Waals surface area contributed by atoms with Gasteiger partial charge in [0, 0.05) is 31.3 Å². The number of pyridine rings is 1. The predicted octanol–water partition coefficient (Wildman–Crippen LogP) is 0.719. The summed E-state index contributed by atoms with van der Waals surface area (Å²) in [6.07, 6.45) is 2.68. The van der Waals surface area contributed by atoms with E-state index < -0.39 is 11.9 Å². The summed E-state index contributed by atoms with van der Waals surface area (Å²) in [6.45, 7) is 1.34. The van der Waals surface area contributed by atoms with Gasteiger partial charge >= 0.3 is 17.9 Å². The van der Waals surface area contributed by atoms with Gasteiger partial charge in [-0.1, -0.05) is 6.07 Å². The van der Waals surface area contributed by atoms with E-state index in [0.29, 0.717) is 18.0 Å². The summed E-state index contributed by atoms with van der Waals surface area (Å²) in [5.74, 6) is -2.52. The van der Waals surface area contributed by atoms with Crippen LogP contribution in [0.2, 0.25) is 0 Å². The van der Waals surface area contributed by atoms with Gasteiger partial charge in [0.25, 0.3) is 0 Å².